The van der Waals surface area contributed by atoms with Crippen LogP contribution in [0.25, 0.3) is 0 Å². The van der Waals surface area contributed by atoms with Crippen molar-refractivity contribution in [3.63, 3.8) is 0 Å². The average molecular weight is 540 g/mol. The van der Waals surface area contributed by atoms with Crippen molar-refractivity contribution in [1.29, 1.82) is 0 Å². The van der Waals surface area contributed by atoms with Gasteiger partial charge in [0.2, 0.25) is 5.91 Å². The van der Waals surface area contributed by atoms with Crippen molar-refractivity contribution >= 4 is 34.2 Å². The Hall–Kier alpha value is -3.14. The van der Waals surface area contributed by atoms with Gasteiger partial charge in [-0.15, -0.1) is 11.3 Å². The monoisotopic (exact) mass is 539 g/mol. The Morgan fingerprint density at radius 3 is 2.59 bits per heavy atom. The first-order valence-corrected chi connectivity index (χ1v) is 14.2. The molecule has 0 saturated carbocycles. The average Bonchev–Trinajstić information content (AvgIpc) is 3.38. The van der Waals surface area contributed by atoms with E-state index in [1.54, 1.807) is 30.3 Å². The number of hydrogen-bond acceptors (Lipinski definition) is 4. The van der Waals surface area contributed by atoms with Gasteiger partial charge in [-0.3, -0.25) is 14.1 Å². The first-order valence-electron chi connectivity index (χ1n) is 12.2. The summed E-state index contributed by atoms with van der Waals surface area (Å²) in [5.41, 5.74) is 3.79. The molecule has 9 heteroatoms. The smallest absolute Gasteiger partial charge is 0.259 e. The quantitative estimate of drug-likeness (QED) is 0.252. The molecule has 0 bridgehead atoms. The lowest BCUT2D eigenvalue weighted by molar-refractivity contribution is -0.123. The summed E-state index contributed by atoms with van der Waals surface area (Å²) < 4.78 is 37.4. The van der Waals surface area contributed by atoms with Crippen LogP contribution < -0.4 is 10.0 Å². The third kappa shape index (κ3) is 7.44. The second-order valence-electron chi connectivity index (χ2n) is 8.88. The van der Waals surface area contributed by atoms with Crippen molar-refractivity contribution in [2.75, 3.05) is 4.72 Å². The molecule has 37 heavy (non-hydrogen) atoms. The molecule has 0 spiro atoms. The largest absolute Gasteiger partial charge is 0.346 e. The van der Waals surface area contributed by atoms with E-state index >= 15 is 0 Å². The number of nitrogens with one attached hydrogen (secondary N) is 2. The van der Waals surface area contributed by atoms with Crippen molar-refractivity contribution in [3.8, 4) is 0 Å². The number of nitrogens with zero attached hydrogens (tertiary/aromatic N) is 1. The first kappa shape index (κ1) is 26.9. The molecule has 194 valence electrons. The van der Waals surface area contributed by atoms with Crippen LogP contribution in [0.1, 0.15) is 60.0 Å². The Labute approximate surface area is 223 Å². The number of anilines is 1. The van der Waals surface area contributed by atoms with Gasteiger partial charge in [-0.25, -0.2) is 13.6 Å². The molecule has 0 aliphatic heterocycles. The molecule has 2 aromatic carbocycles. The normalized spacial score (nSPS) is 15.5. The van der Waals surface area contributed by atoms with Gasteiger partial charge in [-0.05, 0) is 55.9 Å². The molecule has 0 radical (unpaired) electrons. The van der Waals surface area contributed by atoms with Gasteiger partial charge < -0.3 is 5.32 Å². The number of aryl methyl sites for hydroxylation is 1. The molecule has 3 atom stereocenters. The molecule has 3 aromatic rings. The second kappa shape index (κ2) is 12.9. The molecule has 0 saturated heterocycles. The van der Waals surface area contributed by atoms with Crippen molar-refractivity contribution < 1.29 is 17.9 Å². The highest BCUT2D eigenvalue weighted by molar-refractivity contribution is 7.80. The number of halogens is 1. The highest BCUT2D eigenvalue weighted by atomic mass is 32.2. The van der Waals surface area contributed by atoms with Crippen molar-refractivity contribution in [1.82, 2.24) is 10.3 Å². The van der Waals surface area contributed by atoms with E-state index in [1.165, 1.54) is 17.4 Å². The molecule has 6 nitrogen and oxygen atoms in total. The summed E-state index contributed by atoms with van der Waals surface area (Å²) in [6.45, 7) is 2.03. The number of carbonyl (C=O) groups excluding carboxylic acids is 1. The molecule has 0 fully saturated rings. The zero-order valence-electron chi connectivity index (χ0n) is 20.5. The fraction of sp³-hybridized carbons (Fsp3) is 0.286. The Kier molecular flexibility index (Phi) is 9.38. The maximum Gasteiger partial charge on any atom is 0.259 e. The lowest BCUT2D eigenvalue weighted by atomic mass is 9.88. The van der Waals surface area contributed by atoms with E-state index in [2.05, 4.69) is 22.2 Å². The molecule has 1 aliphatic carbocycles. The van der Waals surface area contributed by atoms with Crippen LogP contribution in [0, 0.1) is 5.82 Å². The minimum atomic E-state index is -2.15. The Bertz CT molecular complexity index is 1300. The lowest BCUT2D eigenvalue weighted by Crippen LogP contribution is -2.34. The van der Waals surface area contributed by atoms with E-state index < -0.39 is 29.0 Å². The predicted octanol–water partition coefficient (Wildman–Crippen LogP) is 6.24. The number of allylic oxidation sites excluding steroid dienone is 4. The molecule has 1 amide bonds. The van der Waals surface area contributed by atoms with E-state index in [4.69, 9.17) is 9.54 Å². The third-order valence-electron chi connectivity index (χ3n) is 6.25. The van der Waals surface area contributed by atoms with Crippen molar-refractivity contribution in [2.24, 2.45) is 0 Å². The van der Waals surface area contributed by atoms with Crippen molar-refractivity contribution in [2.45, 2.75) is 51.0 Å². The molecular weight excluding hydrogens is 509 g/mol. The SMILES string of the molecule is CCc1csc([C@H](Cc2ccc(NS(=O)O)cc2)NC(=O)C(CC2=CCCC=C2)c2ccccc2F)n1. The molecule has 3 N–H and O–H groups in total. The summed E-state index contributed by atoms with van der Waals surface area (Å²) >= 11 is -0.661. The lowest BCUT2D eigenvalue weighted by Gasteiger charge is -2.23. The Morgan fingerprint density at radius 1 is 1.16 bits per heavy atom. The van der Waals surface area contributed by atoms with Gasteiger partial charge in [0.25, 0.3) is 11.3 Å². The van der Waals surface area contributed by atoms with Gasteiger partial charge in [0.1, 0.15) is 10.8 Å². The van der Waals surface area contributed by atoms with Gasteiger partial charge in [0, 0.05) is 16.6 Å². The van der Waals surface area contributed by atoms with E-state index in [1.807, 2.05) is 30.5 Å². The maximum atomic E-state index is 14.9. The molecule has 1 aromatic heterocycles. The fourth-order valence-electron chi connectivity index (χ4n) is 4.32. The predicted molar refractivity (Wildman–Crippen MR) is 147 cm³/mol. The van der Waals surface area contributed by atoms with Gasteiger partial charge in [0.05, 0.1) is 17.7 Å². The van der Waals surface area contributed by atoms with Crippen LogP contribution in [-0.2, 0) is 28.9 Å². The number of amides is 1. The summed E-state index contributed by atoms with van der Waals surface area (Å²) in [6.07, 6.45) is 9.76. The zero-order chi connectivity index (χ0) is 26.2. The van der Waals surface area contributed by atoms with Gasteiger partial charge in [-0.2, -0.15) is 0 Å². The van der Waals surface area contributed by atoms with Crippen LogP contribution >= 0.6 is 11.3 Å². The van der Waals surface area contributed by atoms with Crippen LogP contribution in [-0.4, -0.2) is 19.7 Å². The highest BCUT2D eigenvalue weighted by Crippen LogP contribution is 2.31. The molecule has 1 aliphatic rings. The standard InChI is InChI=1S/C28H30FN3O3S2/c1-2-21-18-36-28(30-21)26(17-20-12-14-22(15-13-20)32-37(34)35)31-27(33)24(16-19-8-4-3-5-9-19)23-10-6-7-11-25(23)29/h4,6-15,18,24,26,32H,2-3,5,16-17H2,1H3,(H,31,33)(H,34,35)/t24?,26-/m0/s1. The Balaban J connectivity index is 1.61. The number of hydrogen-bond donors (Lipinski definition) is 3. The number of thiazole rings is 1. The van der Waals surface area contributed by atoms with E-state index in [9.17, 15) is 13.4 Å². The van der Waals surface area contributed by atoms with Crippen LogP contribution in [0.5, 0.6) is 0 Å². The number of benzene rings is 2. The maximum absolute atomic E-state index is 14.9. The van der Waals surface area contributed by atoms with Crippen LogP contribution in [0.15, 0.2) is 77.7 Å². The van der Waals surface area contributed by atoms with Gasteiger partial charge in [0.15, 0.2) is 0 Å². The summed E-state index contributed by atoms with van der Waals surface area (Å²) in [5, 5.41) is 5.94. The second-order valence-corrected chi connectivity index (χ2v) is 10.5. The van der Waals surface area contributed by atoms with Crippen LogP contribution in [0.3, 0.4) is 0 Å². The highest BCUT2D eigenvalue weighted by Gasteiger charge is 2.28. The number of rotatable bonds is 11. The molecule has 2 unspecified atom stereocenters. The number of aromatic nitrogens is 1. The minimum absolute atomic E-state index is 0.253. The molecular formula is C28H30FN3O3S2. The molecule has 4 rings (SSSR count). The zero-order valence-corrected chi connectivity index (χ0v) is 22.2. The Morgan fingerprint density at radius 2 is 1.95 bits per heavy atom. The van der Waals surface area contributed by atoms with Crippen molar-refractivity contribution in [3.05, 3.63) is 105 Å². The fourth-order valence-corrected chi connectivity index (χ4v) is 5.61. The topological polar surface area (TPSA) is 91.3 Å². The first-order chi connectivity index (χ1) is 17.9. The summed E-state index contributed by atoms with van der Waals surface area (Å²) in [4.78, 5) is 18.5. The summed E-state index contributed by atoms with van der Waals surface area (Å²) in [7, 11) is 0. The van der Waals surface area contributed by atoms with Crippen LogP contribution in [0.2, 0.25) is 0 Å². The van der Waals surface area contributed by atoms with E-state index in [-0.39, 0.29) is 5.91 Å². The number of carbonyl (C=O) groups is 1. The van der Waals surface area contributed by atoms with Crippen LogP contribution in [0.4, 0.5) is 10.1 Å². The van der Waals surface area contributed by atoms with Gasteiger partial charge in [-0.1, -0.05) is 61.1 Å². The van der Waals surface area contributed by atoms with Gasteiger partial charge >= 0.3 is 0 Å². The minimum Gasteiger partial charge on any atom is -0.346 e. The third-order valence-corrected chi connectivity index (χ3v) is 7.67. The summed E-state index contributed by atoms with van der Waals surface area (Å²) in [5.74, 6) is -1.34. The van der Waals surface area contributed by atoms with E-state index in [0.29, 0.717) is 24.1 Å². The van der Waals surface area contributed by atoms with E-state index in [0.717, 1.165) is 41.1 Å². The molecule has 1 heterocycles. The summed E-state index contributed by atoms with van der Waals surface area (Å²) in [6, 6.07) is 13.2.